The lowest BCUT2D eigenvalue weighted by molar-refractivity contribution is -0.142. The van der Waals surface area contributed by atoms with Crippen LogP contribution >= 0.6 is 0 Å². The number of aromatic hydroxyl groups is 1. The first-order valence-corrected chi connectivity index (χ1v) is 14.4. The molecule has 0 spiro atoms. The standard InChI is InChI=1S/C31H42N2O8/c1-5-6-7-8-10-32-11-9-29(35)33-30-21(17-39-19(2)34)12-22(20-13-27(37-3)31(36)28(14-20)38-4)23-15-25-26(16-24(23)30)41-18-40-25/h13-16,21-22,30,32,36H,5-12,17-18H2,1-4H3,(H,33,35). The lowest BCUT2D eigenvalue weighted by atomic mass is 9.71. The summed E-state index contributed by atoms with van der Waals surface area (Å²) < 4.78 is 27.7. The molecule has 1 amide bonds. The molecule has 0 saturated heterocycles. The molecule has 0 saturated carbocycles. The van der Waals surface area contributed by atoms with E-state index in [0.717, 1.165) is 29.7 Å². The van der Waals surface area contributed by atoms with Crippen molar-refractivity contribution in [2.24, 2.45) is 5.92 Å². The Morgan fingerprint density at radius 3 is 2.29 bits per heavy atom. The van der Waals surface area contributed by atoms with Crippen LogP contribution in [0.2, 0.25) is 0 Å². The fourth-order valence-corrected chi connectivity index (χ4v) is 5.63. The van der Waals surface area contributed by atoms with E-state index in [-0.39, 0.29) is 54.4 Å². The molecule has 2 aliphatic rings. The van der Waals surface area contributed by atoms with Gasteiger partial charge in [-0.25, -0.2) is 0 Å². The minimum Gasteiger partial charge on any atom is -0.502 e. The molecular weight excluding hydrogens is 528 g/mol. The Morgan fingerprint density at radius 2 is 1.66 bits per heavy atom. The van der Waals surface area contributed by atoms with Crippen LogP contribution in [0.15, 0.2) is 24.3 Å². The topological polar surface area (TPSA) is 125 Å². The van der Waals surface area contributed by atoms with Gasteiger partial charge in [-0.05, 0) is 60.3 Å². The van der Waals surface area contributed by atoms with Gasteiger partial charge in [-0.1, -0.05) is 26.2 Å². The number of carbonyl (C=O) groups is 2. The number of benzene rings is 2. The van der Waals surface area contributed by atoms with Gasteiger partial charge in [-0.15, -0.1) is 0 Å². The Morgan fingerprint density at radius 1 is 0.976 bits per heavy atom. The zero-order valence-corrected chi connectivity index (χ0v) is 24.4. The van der Waals surface area contributed by atoms with Gasteiger partial charge in [0.05, 0.1) is 26.9 Å². The van der Waals surface area contributed by atoms with Crippen LogP contribution in [0.5, 0.6) is 28.7 Å². The van der Waals surface area contributed by atoms with Crippen molar-refractivity contribution in [1.29, 1.82) is 0 Å². The van der Waals surface area contributed by atoms with E-state index in [1.807, 2.05) is 12.1 Å². The van der Waals surface area contributed by atoms with E-state index in [4.69, 9.17) is 23.7 Å². The van der Waals surface area contributed by atoms with Gasteiger partial charge in [-0.3, -0.25) is 9.59 Å². The largest absolute Gasteiger partial charge is 0.502 e. The number of hydrogen-bond acceptors (Lipinski definition) is 9. The summed E-state index contributed by atoms with van der Waals surface area (Å²) in [4.78, 5) is 25.0. The number of methoxy groups -OCH3 is 2. The molecule has 1 aliphatic carbocycles. The van der Waals surface area contributed by atoms with Crippen LogP contribution in [0.4, 0.5) is 0 Å². The number of phenolic OH excluding ortho intramolecular Hbond substituents is 1. The highest BCUT2D eigenvalue weighted by Crippen LogP contribution is 2.51. The number of amides is 1. The second-order valence-corrected chi connectivity index (χ2v) is 10.6. The van der Waals surface area contributed by atoms with Crippen molar-refractivity contribution in [2.45, 2.75) is 64.3 Å². The number of fused-ring (bicyclic) bond motifs is 2. The Kier molecular flexibility index (Phi) is 10.6. The number of phenols is 1. The van der Waals surface area contributed by atoms with E-state index in [0.29, 0.717) is 30.9 Å². The average Bonchev–Trinajstić information content (AvgIpc) is 3.43. The molecule has 3 unspecified atom stereocenters. The maximum atomic E-state index is 13.2. The summed E-state index contributed by atoms with van der Waals surface area (Å²) in [5.74, 6) is 0.830. The van der Waals surface area contributed by atoms with Gasteiger partial charge < -0.3 is 39.4 Å². The predicted molar refractivity (Wildman–Crippen MR) is 153 cm³/mol. The summed E-state index contributed by atoms with van der Waals surface area (Å²) in [7, 11) is 2.97. The zero-order valence-electron chi connectivity index (χ0n) is 24.4. The average molecular weight is 571 g/mol. The summed E-state index contributed by atoms with van der Waals surface area (Å²) in [6, 6.07) is 7.02. The van der Waals surface area contributed by atoms with Crippen molar-refractivity contribution in [3.63, 3.8) is 0 Å². The molecule has 10 nitrogen and oxygen atoms in total. The molecule has 3 N–H and O–H groups in total. The molecule has 3 atom stereocenters. The Labute approximate surface area is 241 Å². The minimum atomic E-state index is -0.409. The second-order valence-electron chi connectivity index (χ2n) is 10.6. The predicted octanol–water partition coefficient (Wildman–Crippen LogP) is 4.57. The number of carbonyl (C=O) groups excluding carboxylic acids is 2. The third-order valence-electron chi connectivity index (χ3n) is 7.76. The van der Waals surface area contributed by atoms with Crippen molar-refractivity contribution in [2.75, 3.05) is 40.7 Å². The SMILES string of the molecule is CCCCCCNCCC(=O)NC1c2cc3c(cc2C(c2cc(OC)c(O)c(OC)c2)CC1COC(C)=O)OCO3. The van der Waals surface area contributed by atoms with Crippen LogP contribution in [-0.4, -0.2) is 57.7 Å². The van der Waals surface area contributed by atoms with Gasteiger partial charge >= 0.3 is 5.97 Å². The summed E-state index contributed by atoms with van der Waals surface area (Å²) in [5, 5.41) is 17.1. The molecule has 10 heteroatoms. The third-order valence-corrected chi connectivity index (χ3v) is 7.76. The highest BCUT2D eigenvalue weighted by Gasteiger charge is 2.39. The fourth-order valence-electron chi connectivity index (χ4n) is 5.63. The molecule has 224 valence electrons. The number of nitrogens with one attached hydrogen (secondary N) is 2. The first kappa shape index (κ1) is 30.3. The molecule has 41 heavy (non-hydrogen) atoms. The van der Waals surface area contributed by atoms with Gasteiger partial charge in [0, 0.05) is 31.7 Å². The smallest absolute Gasteiger partial charge is 0.302 e. The monoisotopic (exact) mass is 570 g/mol. The van der Waals surface area contributed by atoms with Crippen molar-refractivity contribution in [3.8, 4) is 28.7 Å². The molecule has 0 radical (unpaired) electrons. The molecular formula is C31H42N2O8. The molecule has 2 aromatic rings. The van der Waals surface area contributed by atoms with Gasteiger partial charge in [0.15, 0.2) is 23.0 Å². The van der Waals surface area contributed by atoms with Gasteiger partial charge in [0.25, 0.3) is 0 Å². The molecule has 1 aliphatic heterocycles. The van der Waals surface area contributed by atoms with E-state index in [1.165, 1.54) is 40.4 Å². The normalized spacial score (nSPS) is 18.9. The number of esters is 1. The van der Waals surface area contributed by atoms with Crippen molar-refractivity contribution >= 4 is 11.9 Å². The zero-order chi connectivity index (χ0) is 29.4. The molecule has 1 heterocycles. The van der Waals surface area contributed by atoms with Crippen LogP contribution in [0.1, 0.15) is 81.0 Å². The second kappa shape index (κ2) is 14.3. The van der Waals surface area contributed by atoms with E-state index in [1.54, 1.807) is 12.1 Å². The van der Waals surface area contributed by atoms with Crippen LogP contribution < -0.4 is 29.6 Å². The summed E-state index contributed by atoms with van der Waals surface area (Å²) in [6.07, 6.45) is 5.57. The fraction of sp³-hybridized carbons (Fsp3) is 0.548. The lowest BCUT2D eigenvalue weighted by Crippen LogP contribution is -2.40. The number of rotatable bonds is 14. The Balaban J connectivity index is 1.64. The summed E-state index contributed by atoms with van der Waals surface area (Å²) in [5.41, 5.74) is 2.67. The number of unbranched alkanes of at least 4 members (excludes halogenated alkanes) is 3. The Hall–Kier alpha value is -3.66. The third kappa shape index (κ3) is 7.35. The highest BCUT2D eigenvalue weighted by atomic mass is 16.7. The van der Waals surface area contributed by atoms with Crippen molar-refractivity contribution in [1.82, 2.24) is 10.6 Å². The first-order valence-electron chi connectivity index (χ1n) is 14.4. The molecule has 4 rings (SSSR count). The highest BCUT2D eigenvalue weighted by molar-refractivity contribution is 5.77. The molecule has 0 fully saturated rings. The van der Waals surface area contributed by atoms with E-state index in [9.17, 15) is 14.7 Å². The van der Waals surface area contributed by atoms with Crippen molar-refractivity contribution in [3.05, 3.63) is 41.0 Å². The summed E-state index contributed by atoms with van der Waals surface area (Å²) >= 11 is 0. The summed E-state index contributed by atoms with van der Waals surface area (Å²) in [6.45, 7) is 5.28. The van der Waals surface area contributed by atoms with E-state index < -0.39 is 6.04 Å². The number of hydrogen-bond donors (Lipinski definition) is 3. The van der Waals surface area contributed by atoms with E-state index in [2.05, 4.69) is 17.6 Å². The number of ether oxygens (including phenoxy) is 5. The van der Waals surface area contributed by atoms with Crippen molar-refractivity contribution < 1.29 is 38.4 Å². The molecule has 2 aromatic carbocycles. The maximum Gasteiger partial charge on any atom is 0.302 e. The lowest BCUT2D eigenvalue weighted by Gasteiger charge is -2.39. The van der Waals surface area contributed by atoms with Crippen LogP contribution in [0.25, 0.3) is 0 Å². The quantitative estimate of drug-likeness (QED) is 0.221. The van der Waals surface area contributed by atoms with Crippen LogP contribution in [0.3, 0.4) is 0 Å². The van der Waals surface area contributed by atoms with Gasteiger partial charge in [0.1, 0.15) is 0 Å². The maximum absolute atomic E-state index is 13.2. The van der Waals surface area contributed by atoms with E-state index >= 15 is 0 Å². The van der Waals surface area contributed by atoms with Gasteiger partial charge in [0.2, 0.25) is 18.4 Å². The van der Waals surface area contributed by atoms with Crippen LogP contribution in [-0.2, 0) is 14.3 Å². The van der Waals surface area contributed by atoms with Gasteiger partial charge in [-0.2, -0.15) is 0 Å². The first-order chi connectivity index (χ1) is 19.9. The Bertz CT molecular complexity index is 1190. The molecule has 0 aromatic heterocycles. The minimum absolute atomic E-state index is 0.0824. The molecule has 0 bridgehead atoms. The van der Waals surface area contributed by atoms with Crippen LogP contribution in [0, 0.1) is 5.92 Å².